The topological polar surface area (TPSA) is 145 Å². The Morgan fingerprint density at radius 1 is 0.688 bits per heavy atom. The SMILES string of the molecule is CCOP(=O)(OCC)n1cc(-c2cccc(-c3cn(P(=O)(OCC)OCC)nn3)n2)nn1. The molecule has 0 radical (unpaired) electrons. The van der Waals surface area contributed by atoms with Gasteiger partial charge in [-0.25, -0.2) is 14.1 Å². The van der Waals surface area contributed by atoms with E-state index in [4.69, 9.17) is 18.1 Å². The Bertz CT molecular complexity index is 1030. The minimum absolute atomic E-state index is 0.184. The van der Waals surface area contributed by atoms with Crippen LogP contribution in [0.1, 0.15) is 27.7 Å². The van der Waals surface area contributed by atoms with Crippen molar-refractivity contribution in [3.63, 3.8) is 0 Å². The van der Waals surface area contributed by atoms with E-state index in [1.807, 2.05) is 0 Å². The summed E-state index contributed by atoms with van der Waals surface area (Å²) in [7, 11) is -7.28. The molecule has 0 aliphatic carbocycles. The molecule has 0 unspecified atom stereocenters. The Morgan fingerprint density at radius 3 is 1.41 bits per heavy atom. The Labute approximate surface area is 185 Å². The van der Waals surface area contributed by atoms with E-state index in [1.165, 1.54) is 12.4 Å². The lowest BCUT2D eigenvalue weighted by molar-refractivity contribution is 0.207. The molecule has 0 aromatic carbocycles. The van der Waals surface area contributed by atoms with Gasteiger partial charge in [-0.2, -0.15) is 8.90 Å². The zero-order valence-electron chi connectivity index (χ0n) is 18.2. The minimum atomic E-state index is -3.64. The molecule has 0 saturated heterocycles. The molecule has 32 heavy (non-hydrogen) atoms. The molecular weight excluding hydrogens is 460 g/mol. The smallest absolute Gasteiger partial charge is 0.291 e. The third-order valence-corrected chi connectivity index (χ3v) is 7.64. The van der Waals surface area contributed by atoms with E-state index in [1.54, 1.807) is 45.9 Å². The highest BCUT2D eigenvalue weighted by atomic mass is 31.2. The van der Waals surface area contributed by atoms with Gasteiger partial charge in [0.2, 0.25) is 0 Å². The van der Waals surface area contributed by atoms with Crippen molar-refractivity contribution in [1.82, 2.24) is 34.5 Å². The van der Waals surface area contributed by atoms with E-state index in [0.29, 0.717) is 22.8 Å². The van der Waals surface area contributed by atoms with Gasteiger partial charge in [-0.1, -0.05) is 16.5 Å². The summed E-state index contributed by atoms with van der Waals surface area (Å²) in [6.07, 6.45) is 2.88. The molecule has 0 N–H and O–H groups in total. The summed E-state index contributed by atoms with van der Waals surface area (Å²) in [4.78, 5) is 4.51. The first-order valence-corrected chi connectivity index (χ1v) is 13.0. The zero-order valence-corrected chi connectivity index (χ0v) is 20.0. The Kier molecular flexibility index (Phi) is 8.05. The predicted molar refractivity (Wildman–Crippen MR) is 115 cm³/mol. The van der Waals surface area contributed by atoms with Crippen LogP contribution in [-0.2, 0) is 27.2 Å². The highest BCUT2D eigenvalue weighted by molar-refractivity contribution is 7.52. The van der Waals surface area contributed by atoms with Crippen molar-refractivity contribution >= 4 is 15.5 Å². The molecule has 3 heterocycles. The third kappa shape index (κ3) is 5.20. The van der Waals surface area contributed by atoms with Crippen LogP contribution in [0.15, 0.2) is 30.6 Å². The fourth-order valence-electron chi connectivity index (χ4n) is 2.67. The molecule has 3 aromatic rings. The highest BCUT2D eigenvalue weighted by Crippen LogP contribution is 2.49. The summed E-state index contributed by atoms with van der Waals surface area (Å²) in [5, 5.41) is 15.9. The van der Waals surface area contributed by atoms with E-state index < -0.39 is 15.5 Å². The first-order chi connectivity index (χ1) is 15.4. The van der Waals surface area contributed by atoms with Crippen LogP contribution in [0.5, 0.6) is 0 Å². The molecule has 0 saturated carbocycles. The lowest BCUT2D eigenvalue weighted by Gasteiger charge is -2.15. The van der Waals surface area contributed by atoms with Crippen LogP contribution in [0.2, 0.25) is 0 Å². The standard InChI is InChI=1S/C17H25N7O6P2/c1-5-27-31(25,28-6-2)23-12-16(19-21-23)14-10-9-11-15(18-14)17-13-24(22-20-17)32(26,29-7-3)30-8-4/h9-13H,5-8H2,1-4H3. The first kappa shape index (κ1) is 24.4. The fraction of sp³-hybridized carbons (Fsp3) is 0.471. The third-order valence-electron chi connectivity index (χ3n) is 3.91. The Morgan fingerprint density at radius 2 is 1.06 bits per heavy atom. The first-order valence-electron chi connectivity index (χ1n) is 10.0. The molecule has 3 aromatic heterocycles. The maximum absolute atomic E-state index is 12.9. The molecule has 15 heteroatoms. The molecule has 0 spiro atoms. The Hall–Kier alpha value is -2.27. The van der Waals surface area contributed by atoms with Gasteiger partial charge in [-0.3, -0.25) is 18.1 Å². The number of hydrogen-bond acceptors (Lipinski definition) is 11. The van der Waals surface area contributed by atoms with E-state index in [0.717, 1.165) is 8.90 Å². The molecule has 0 bridgehead atoms. The summed E-state index contributed by atoms with van der Waals surface area (Å²) >= 11 is 0. The summed E-state index contributed by atoms with van der Waals surface area (Å²) in [5.41, 5.74) is 1.60. The van der Waals surface area contributed by atoms with Crippen molar-refractivity contribution in [3.05, 3.63) is 30.6 Å². The summed E-state index contributed by atoms with van der Waals surface area (Å²) in [5.74, 6) is 0. The van der Waals surface area contributed by atoms with Crippen molar-refractivity contribution in [2.45, 2.75) is 27.7 Å². The second-order valence-corrected chi connectivity index (χ2v) is 9.79. The van der Waals surface area contributed by atoms with Gasteiger partial charge in [-0.15, -0.1) is 10.2 Å². The van der Waals surface area contributed by atoms with E-state index in [2.05, 4.69) is 25.6 Å². The van der Waals surface area contributed by atoms with E-state index in [9.17, 15) is 9.13 Å². The second kappa shape index (κ2) is 10.6. The van der Waals surface area contributed by atoms with Gasteiger partial charge in [0, 0.05) is 0 Å². The predicted octanol–water partition coefficient (Wildman–Crippen LogP) is 3.66. The largest absolute Gasteiger partial charge is 0.456 e. The van der Waals surface area contributed by atoms with Crippen molar-refractivity contribution in [2.75, 3.05) is 26.4 Å². The fourth-order valence-corrected chi connectivity index (χ4v) is 5.37. The molecule has 0 aliphatic heterocycles. The molecule has 0 aliphatic rings. The lowest BCUT2D eigenvalue weighted by Crippen LogP contribution is -2.05. The van der Waals surface area contributed by atoms with Crippen LogP contribution >= 0.6 is 15.5 Å². The summed E-state index contributed by atoms with van der Waals surface area (Å²) in [6.45, 7) is 7.56. The molecule has 0 fully saturated rings. The van der Waals surface area contributed by atoms with E-state index >= 15 is 0 Å². The minimum Gasteiger partial charge on any atom is -0.291 e. The lowest BCUT2D eigenvalue weighted by atomic mass is 10.2. The number of aromatic nitrogens is 7. The van der Waals surface area contributed by atoms with Gasteiger partial charge in [0.1, 0.15) is 11.4 Å². The van der Waals surface area contributed by atoms with Gasteiger partial charge in [0.25, 0.3) is 0 Å². The molecular formula is C17H25N7O6P2. The monoisotopic (exact) mass is 485 g/mol. The van der Waals surface area contributed by atoms with E-state index in [-0.39, 0.29) is 26.4 Å². The second-order valence-electron chi connectivity index (χ2n) is 6.06. The molecule has 13 nitrogen and oxygen atoms in total. The van der Waals surface area contributed by atoms with Crippen LogP contribution < -0.4 is 0 Å². The van der Waals surface area contributed by atoms with Crippen molar-refractivity contribution in [2.24, 2.45) is 0 Å². The molecule has 174 valence electrons. The number of nitrogens with zero attached hydrogens (tertiary/aromatic N) is 7. The van der Waals surface area contributed by atoms with Gasteiger partial charge in [0.05, 0.1) is 50.2 Å². The molecule has 0 atom stereocenters. The highest BCUT2D eigenvalue weighted by Gasteiger charge is 2.30. The van der Waals surface area contributed by atoms with Crippen LogP contribution in [-0.4, -0.2) is 60.9 Å². The van der Waals surface area contributed by atoms with Crippen molar-refractivity contribution in [1.29, 1.82) is 0 Å². The van der Waals surface area contributed by atoms with Crippen LogP contribution in [0.4, 0.5) is 0 Å². The number of rotatable bonds is 12. The van der Waals surface area contributed by atoms with Crippen LogP contribution in [0.25, 0.3) is 22.8 Å². The van der Waals surface area contributed by atoms with Gasteiger partial charge >= 0.3 is 15.5 Å². The number of pyridine rings is 1. The maximum Gasteiger partial charge on any atom is 0.456 e. The summed E-state index contributed by atoms with van der Waals surface area (Å²) in [6, 6.07) is 5.16. The maximum atomic E-state index is 12.9. The zero-order chi connectivity index (χ0) is 23.2. The average molecular weight is 485 g/mol. The normalized spacial score (nSPS) is 12.4. The number of hydrogen-bond donors (Lipinski definition) is 0. The average Bonchev–Trinajstić information content (AvgIpc) is 3.46. The van der Waals surface area contributed by atoms with Crippen LogP contribution in [0, 0.1) is 0 Å². The Balaban J connectivity index is 1.91. The van der Waals surface area contributed by atoms with Gasteiger partial charge in [0.15, 0.2) is 0 Å². The molecule has 0 amide bonds. The quantitative estimate of drug-likeness (QED) is 0.346. The van der Waals surface area contributed by atoms with Gasteiger partial charge < -0.3 is 0 Å². The van der Waals surface area contributed by atoms with Crippen molar-refractivity contribution in [3.8, 4) is 22.8 Å². The van der Waals surface area contributed by atoms with Gasteiger partial charge in [-0.05, 0) is 39.8 Å². The summed E-state index contributed by atoms with van der Waals surface area (Å²) < 4.78 is 49.0. The van der Waals surface area contributed by atoms with Crippen molar-refractivity contribution < 1.29 is 27.2 Å². The molecule has 3 rings (SSSR count). The van der Waals surface area contributed by atoms with Crippen LogP contribution in [0.3, 0.4) is 0 Å².